The number of Topliss-reactive ketones (excluding diaryl/α,β-unsaturated/α-hetero) is 1. The molecule has 1 fully saturated rings. The standard InChI is InChI=1S/C25H22FN3O2S/c1-15-10-17(8-9-20(15)22(30)11-16-6-7-16)21-14-27-25-23(32-2)13-24(28-29(21)25)31-19-5-3-4-18(26)12-19/h3-5,8-10,12-14,16H,6-7,11H2,1-2H3. The van der Waals surface area contributed by atoms with Crippen molar-refractivity contribution in [2.75, 3.05) is 6.26 Å². The lowest BCUT2D eigenvalue weighted by Crippen LogP contribution is -2.03. The van der Waals surface area contributed by atoms with Gasteiger partial charge in [0, 0.05) is 29.7 Å². The Bertz CT molecular complexity index is 1330. The smallest absolute Gasteiger partial charge is 0.238 e. The van der Waals surface area contributed by atoms with Gasteiger partial charge in [-0.25, -0.2) is 13.9 Å². The van der Waals surface area contributed by atoms with Crippen molar-refractivity contribution in [3.8, 4) is 22.9 Å². The van der Waals surface area contributed by atoms with Crippen molar-refractivity contribution in [1.82, 2.24) is 14.6 Å². The van der Waals surface area contributed by atoms with Gasteiger partial charge in [0.05, 0.1) is 16.8 Å². The van der Waals surface area contributed by atoms with Gasteiger partial charge in [0.1, 0.15) is 11.6 Å². The molecule has 0 bridgehead atoms. The molecule has 1 aliphatic rings. The molecule has 5 nitrogen and oxygen atoms in total. The number of halogens is 1. The first-order valence-electron chi connectivity index (χ1n) is 10.5. The Morgan fingerprint density at radius 2 is 2.06 bits per heavy atom. The summed E-state index contributed by atoms with van der Waals surface area (Å²) in [6, 6.07) is 13.6. The zero-order valence-electron chi connectivity index (χ0n) is 17.8. The predicted molar refractivity (Wildman–Crippen MR) is 123 cm³/mol. The lowest BCUT2D eigenvalue weighted by molar-refractivity contribution is 0.0975. The second-order valence-electron chi connectivity index (χ2n) is 8.09. The number of rotatable bonds is 7. The second kappa shape index (κ2) is 8.39. The van der Waals surface area contributed by atoms with Crippen LogP contribution >= 0.6 is 11.8 Å². The third kappa shape index (κ3) is 4.12. The Labute approximate surface area is 189 Å². The fourth-order valence-corrected chi connectivity index (χ4v) is 4.34. The molecule has 0 N–H and O–H groups in total. The third-order valence-electron chi connectivity index (χ3n) is 5.64. The Morgan fingerprint density at radius 1 is 1.22 bits per heavy atom. The number of imidazole rings is 1. The number of carbonyl (C=O) groups is 1. The van der Waals surface area contributed by atoms with E-state index < -0.39 is 0 Å². The fraction of sp³-hybridized carbons (Fsp3) is 0.240. The number of hydrogen-bond donors (Lipinski definition) is 0. The van der Waals surface area contributed by atoms with Crippen LogP contribution in [0.1, 0.15) is 35.2 Å². The summed E-state index contributed by atoms with van der Waals surface area (Å²) in [5, 5.41) is 4.61. The average Bonchev–Trinajstić information content (AvgIpc) is 3.48. The minimum atomic E-state index is -0.371. The highest BCUT2D eigenvalue weighted by Crippen LogP contribution is 2.35. The van der Waals surface area contributed by atoms with Gasteiger partial charge in [0.2, 0.25) is 5.88 Å². The van der Waals surface area contributed by atoms with Crippen molar-refractivity contribution in [3.63, 3.8) is 0 Å². The molecule has 2 heterocycles. The van der Waals surface area contributed by atoms with Crippen molar-refractivity contribution < 1.29 is 13.9 Å². The van der Waals surface area contributed by atoms with Gasteiger partial charge in [-0.15, -0.1) is 16.9 Å². The number of thioether (sulfide) groups is 1. The zero-order chi connectivity index (χ0) is 22.2. The topological polar surface area (TPSA) is 56.5 Å². The average molecular weight is 448 g/mol. The van der Waals surface area contributed by atoms with Gasteiger partial charge in [-0.05, 0) is 55.7 Å². The number of ether oxygens (including phenoxy) is 1. The van der Waals surface area contributed by atoms with Gasteiger partial charge in [0.15, 0.2) is 11.4 Å². The monoisotopic (exact) mass is 447 g/mol. The highest BCUT2D eigenvalue weighted by molar-refractivity contribution is 7.98. The fourth-order valence-electron chi connectivity index (χ4n) is 3.80. The van der Waals surface area contributed by atoms with E-state index in [4.69, 9.17) is 4.74 Å². The number of fused-ring (bicyclic) bond motifs is 1. The van der Waals surface area contributed by atoms with Crippen LogP contribution in [0.3, 0.4) is 0 Å². The quantitative estimate of drug-likeness (QED) is 0.244. The Kier molecular flexibility index (Phi) is 5.43. The maximum absolute atomic E-state index is 13.6. The molecule has 0 unspecified atom stereocenters. The van der Waals surface area contributed by atoms with Crippen LogP contribution < -0.4 is 4.74 Å². The van der Waals surface area contributed by atoms with Crippen molar-refractivity contribution in [2.24, 2.45) is 5.92 Å². The summed E-state index contributed by atoms with van der Waals surface area (Å²) in [6.07, 6.45) is 6.69. The van der Waals surface area contributed by atoms with Crippen LogP contribution in [0.15, 0.2) is 59.6 Å². The molecule has 0 saturated heterocycles. The van der Waals surface area contributed by atoms with E-state index in [0.717, 1.165) is 40.1 Å². The van der Waals surface area contributed by atoms with Crippen LogP contribution in [0, 0.1) is 18.7 Å². The summed E-state index contributed by atoms with van der Waals surface area (Å²) in [5.74, 6) is 1.12. The summed E-state index contributed by atoms with van der Waals surface area (Å²) < 4.78 is 21.1. The molecule has 2 aromatic heterocycles. The highest BCUT2D eigenvalue weighted by Gasteiger charge is 2.25. The predicted octanol–water partition coefficient (Wildman–Crippen LogP) is 6.34. The summed E-state index contributed by atoms with van der Waals surface area (Å²) in [6.45, 7) is 1.96. The van der Waals surface area contributed by atoms with Crippen molar-refractivity contribution >= 4 is 23.2 Å². The van der Waals surface area contributed by atoms with E-state index in [-0.39, 0.29) is 11.6 Å². The van der Waals surface area contributed by atoms with Gasteiger partial charge in [-0.1, -0.05) is 18.2 Å². The molecule has 32 heavy (non-hydrogen) atoms. The number of benzene rings is 2. The van der Waals surface area contributed by atoms with E-state index in [0.29, 0.717) is 29.6 Å². The molecule has 0 radical (unpaired) electrons. The van der Waals surface area contributed by atoms with E-state index in [1.54, 1.807) is 28.9 Å². The first-order valence-corrected chi connectivity index (χ1v) is 11.7. The molecular weight excluding hydrogens is 425 g/mol. The van der Waals surface area contributed by atoms with Crippen LogP contribution in [0.5, 0.6) is 11.6 Å². The van der Waals surface area contributed by atoms with E-state index in [2.05, 4.69) is 10.1 Å². The zero-order valence-corrected chi connectivity index (χ0v) is 18.7. The van der Waals surface area contributed by atoms with Crippen LogP contribution in [0.25, 0.3) is 16.9 Å². The van der Waals surface area contributed by atoms with E-state index >= 15 is 0 Å². The first-order chi connectivity index (χ1) is 15.5. The molecule has 0 atom stereocenters. The number of ketones is 1. The minimum absolute atomic E-state index is 0.211. The number of nitrogens with zero attached hydrogens (tertiary/aromatic N) is 3. The van der Waals surface area contributed by atoms with Crippen molar-refractivity contribution in [1.29, 1.82) is 0 Å². The van der Waals surface area contributed by atoms with Crippen LogP contribution in [0.2, 0.25) is 0 Å². The summed E-state index contributed by atoms with van der Waals surface area (Å²) in [4.78, 5) is 18.0. The SMILES string of the molecule is CSc1cc(Oc2cccc(F)c2)nn2c(-c3ccc(C(=O)CC4CC4)c(C)c3)cnc12. The summed E-state index contributed by atoms with van der Waals surface area (Å²) >= 11 is 1.53. The molecule has 162 valence electrons. The molecule has 5 rings (SSSR count). The lowest BCUT2D eigenvalue weighted by atomic mass is 9.98. The Hall–Kier alpha value is -3.19. The molecule has 2 aromatic carbocycles. The largest absolute Gasteiger partial charge is 0.437 e. The van der Waals surface area contributed by atoms with E-state index in [1.807, 2.05) is 31.4 Å². The number of aromatic nitrogens is 3. The van der Waals surface area contributed by atoms with Crippen molar-refractivity contribution in [3.05, 3.63) is 71.7 Å². The summed E-state index contributed by atoms with van der Waals surface area (Å²) in [7, 11) is 0. The highest BCUT2D eigenvalue weighted by atomic mass is 32.2. The first kappa shape index (κ1) is 20.7. The number of hydrogen-bond acceptors (Lipinski definition) is 5. The van der Waals surface area contributed by atoms with Gasteiger partial charge < -0.3 is 4.74 Å². The van der Waals surface area contributed by atoms with Gasteiger partial charge in [0.25, 0.3) is 0 Å². The van der Waals surface area contributed by atoms with Crippen molar-refractivity contribution in [2.45, 2.75) is 31.1 Å². The maximum atomic E-state index is 13.6. The lowest BCUT2D eigenvalue weighted by Gasteiger charge is -2.10. The molecule has 0 amide bonds. The van der Waals surface area contributed by atoms with Crippen LogP contribution in [-0.2, 0) is 0 Å². The number of carbonyl (C=O) groups excluding carboxylic acids is 1. The van der Waals surface area contributed by atoms with Gasteiger partial charge in [-0.2, -0.15) is 0 Å². The Balaban J connectivity index is 1.52. The number of aryl methyl sites for hydroxylation is 1. The molecule has 7 heteroatoms. The van der Waals surface area contributed by atoms with Gasteiger partial charge >= 0.3 is 0 Å². The van der Waals surface area contributed by atoms with E-state index in [9.17, 15) is 9.18 Å². The maximum Gasteiger partial charge on any atom is 0.238 e. The summed E-state index contributed by atoms with van der Waals surface area (Å²) in [5.41, 5.74) is 4.15. The third-order valence-corrected chi connectivity index (χ3v) is 6.38. The molecule has 1 saturated carbocycles. The molecule has 0 spiro atoms. The Morgan fingerprint density at radius 3 is 2.78 bits per heavy atom. The van der Waals surface area contributed by atoms with Crippen LogP contribution in [0.4, 0.5) is 4.39 Å². The normalized spacial score (nSPS) is 13.5. The van der Waals surface area contributed by atoms with E-state index in [1.165, 1.54) is 23.9 Å². The molecule has 1 aliphatic carbocycles. The van der Waals surface area contributed by atoms with Crippen LogP contribution in [-0.4, -0.2) is 26.6 Å². The second-order valence-corrected chi connectivity index (χ2v) is 8.94. The minimum Gasteiger partial charge on any atom is -0.437 e. The molecule has 4 aromatic rings. The molecule has 0 aliphatic heterocycles. The van der Waals surface area contributed by atoms with Gasteiger partial charge in [-0.3, -0.25) is 4.79 Å². The molecular formula is C25H22FN3O2S.